The van der Waals surface area contributed by atoms with Gasteiger partial charge in [-0.2, -0.15) is 0 Å². The monoisotopic (exact) mass is 157 g/mol. The summed E-state index contributed by atoms with van der Waals surface area (Å²) in [7, 11) is 0. The highest BCUT2D eigenvalue weighted by Gasteiger charge is 2.24. The van der Waals surface area contributed by atoms with Crippen molar-refractivity contribution in [2.75, 3.05) is 26.2 Å². The van der Waals surface area contributed by atoms with Crippen molar-refractivity contribution >= 4 is 5.78 Å². The Balaban J connectivity index is 2.29. The topological polar surface area (TPSA) is 40.5 Å². The second kappa shape index (κ2) is 3.83. The van der Waals surface area contributed by atoms with Crippen LogP contribution in [-0.2, 0) is 4.79 Å². The van der Waals surface area contributed by atoms with Crippen LogP contribution in [0.4, 0.5) is 0 Å². The number of hydrogen-bond acceptors (Lipinski definition) is 3. The van der Waals surface area contributed by atoms with Crippen LogP contribution in [0.15, 0.2) is 0 Å². The van der Waals surface area contributed by atoms with Gasteiger partial charge in [0, 0.05) is 19.0 Å². The summed E-state index contributed by atoms with van der Waals surface area (Å²) in [5, 5.41) is 8.62. The summed E-state index contributed by atoms with van der Waals surface area (Å²) < 4.78 is 0. The molecule has 0 unspecified atom stereocenters. The Kier molecular flexibility index (Phi) is 3.02. The van der Waals surface area contributed by atoms with E-state index in [-0.39, 0.29) is 18.3 Å². The molecule has 0 radical (unpaired) electrons. The molecule has 1 aliphatic rings. The van der Waals surface area contributed by atoms with Gasteiger partial charge in [-0.25, -0.2) is 0 Å². The first-order valence-corrected chi connectivity index (χ1v) is 4.07. The van der Waals surface area contributed by atoms with E-state index in [0.29, 0.717) is 6.54 Å². The van der Waals surface area contributed by atoms with Crippen LogP contribution in [0.2, 0.25) is 0 Å². The van der Waals surface area contributed by atoms with Crippen LogP contribution < -0.4 is 0 Å². The highest BCUT2D eigenvalue weighted by atomic mass is 16.3. The molecule has 0 spiro atoms. The third-order valence-corrected chi connectivity index (χ3v) is 2.26. The molecule has 1 aliphatic heterocycles. The highest BCUT2D eigenvalue weighted by molar-refractivity contribution is 5.78. The highest BCUT2D eigenvalue weighted by Crippen LogP contribution is 2.15. The average Bonchev–Trinajstić information content (AvgIpc) is 2.37. The minimum Gasteiger partial charge on any atom is -0.395 e. The van der Waals surface area contributed by atoms with Crippen molar-refractivity contribution in [2.45, 2.75) is 13.3 Å². The normalized spacial score (nSPS) is 25.8. The first kappa shape index (κ1) is 8.68. The van der Waals surface area contributed by atoms with E-state index in [9.17, 15) is 4.79 Å². The smallest absolute Gasteiger partial charge is 0.134 e. The molecule has 3 nitrogen and oxygen atoms in total. The maximum Gasteiger partial charge on any atom is 0.134 e. The molecule has 1 rings (SSSR count). The number of β-amino-alcohol motifs (C(OH)–C–C–N with tert-alkyl or cyclic N) is 1. The zero-order valence-electron chi connectivity index (χ0n) is 6.92. The Morgan fingerprint density at radius 2 is 2.45 bits per heavy atom. The molecule has 0 aliphatic carbocycles. The zero-order chi connectivity index (χ0) is 8.27. The maximum absolute atomic E-state index is 10.9. The minimum atomic E-state index is 0.199. The second-order valence-electron chi connectivity index (χ2n) is 3.12. The Morgan fingerprint density at radius 3 is 2.91 bits per heavy atom. The fourth-order valence-corrected chi connectivity index (χ4v) is 1.51. The fourth-order valence-electron chi connectivity index (χ4n) is 1.51. The van der Waals surface area contributed by atoms with Crippen molar-refractivity contribution in [2.24, 2.45) is 5.92 Å². The van der Waals surface area contributed by atoms with Crippen molar-refractivity contribution in [1.29, 1.82) is 0 Å². The van der Waals surface area contributed by atoms with Crippen LogP contribution in [0.1, 0.15) is 13.3 Å². The van der Waals surface area contributed by atoms with E-state index in [0.717, 1.165) is 19.5 Å². The van der Waals surface area contributed by atoms with Crippen molar-refractivity contribution in [3.8, 4) is 0 Å². The molecule has 0 saturated carbocycles. The largest absolute Gasteiger partial charge is 0.395 e. The van der Waals surface area contributed by atoms with Crippen molar-refractivity contribution in [1.82, 2.24) is 4.90 Å². The van der Waals surface area contributed by atoms with Gasteiger partial charge in [0.1, 0.15) is 5.78 Å². The van der Waals surface area contributed by atoms with E-state index in [1.807, 2.05) is 0 Å². The number of rotatable bonds is 3. The van der Waals surface area contributed by atoms with Crippen LogP contribution in [-0.4, -0.2) is 42.0 Å². The molecule has 1 N–H and O–H groups in total. The van der Waals surface area contributed by atoms with Crippen LogP contribution >= 0.6 is 0 Å². The second-order valence-corrected chi connectivity index (χ2v) is 3.12. The summed E-state index contributed by atoms with van der Waals surface area (Å²) in [5.74, 6) is 0.506. The van der Waals surface area contributed by atoms with Gasteiger partial charge in [-0.05, 0) is 19.9 Å². The van der Waals surface area contributed by atoms with Crippen LogP contribution in [0, 0.1) is 5.92 Å². The van der Waals surface area contributed by atoms with Gasteiger partial charge in [0.15, 0.2) is 0 Å². The molecule has 11 heavy (non-hydrogen) atoms. The Morgan fingerprint density at radius 1 is 1.73 bits per heavy atom. The molecule has 1 heterocycles. The lowest BCUT2D eigenvalue weighted by Gasteiger charge is -2.12. The van der Waals surface area contributed by atoms with Gasteiger partial charge in [0.05, 0.1) is 6.61 Å². The SMILES string of the molecule is CC(=O)[C@H]1CCN(CCO)C1. The number of aliphatic hydroxyl groups is 1. The van der Waals surface area contributed by atoms with Crippen LogP contribution in [0.25, 0.3) is 0 Å². The number of aliphatic hydroxyl groups excluding tert-OH is 1. The molecule has 0 bridgehead atoms. The van der Waals surface area contributed by atoms with E-state index in [1.54, 1.807) is 6.92 Å². The van der Waals surface area contributed by atoms with Crippen molar-refractivity contribution in [3.63, 3.8) is 0 Å². The predicted molar refractivity (Wildman–Crippen MR) is 42.3 cm³/mol. The van der Waals surface area contributed by atoms with Gasteiger partial charge in [-0.15, -0.1) is 0 Å². The predicted octanol–water partition coefficient (Wildman–Crippen LogP) is -0.110. The Hall–Kier alpha value is -0.410. The fraction of sp³-hybridized carbons (Fsp3) is 0.875. The maximum atomic E-state index is 10.9. The third-order valence-electron chi connectivity index (χ3n) is 2.26. The molecule has 0 aromatic heterocycles. The summed E-state index contributed by atoms with van der Waals surface area (Å²) >= 11 is 0. The zero-order valence-corrected chi connectivity index (χ0v) is 6.92. The first-order valence-electron chi connectivity index (χ1n) is 4.07. The van der Waals surface area contributed by atoms with E-state index >= 15 is 0 Å². The summed E-state index contributed by atoms with van der Waals surface area (Å²) in [6.07, 6.45) is 0.968. The van der Waals surface area contributed by atoms with Gasteiger partial charge in [-0.3, -0.25) is 4.79 Å². The molecular weight excluding hydrogens is 142 g/mol. The van der Waals surface area contributed by atoms with Crippen molar-refractivity contribution < 1.29 is 9.90 Å². The molecule has 3 heteroatoms. The molecule has 0 amide bonds. The standard InChI is InChI=1S/C8H15NO2/c1-7(11)8-2-3-9(6-8)4-5-10/h8,10H,2-6H2,1H3/t8-/m0/s1. The summed E-state index contributed by atoms with van der Waals surface area (Å²) in [6, 6.07) is 0. The number of ketones is 1. The Labute approximate surface area is 67.0 Å². The molecule has 1 atom stereocenters. The number of likely N-dealkylation sites (tertiary alicyclic amines) is 1. The Bertz CT molecular complexity index is 147. The molecule has 1 fully saturated rings. The lowest BCUT2D eigenvalue weighted by molar-refractivity contribution is -0.120. The number of Topliss-reactive ketones (excluding diaryl/α,β-unsaturated/α-hetero) is 1. The quantitative estimate of drug-likeness (QED) is 0.621. The van der Waals surface area contributed by atoms with Gasteiger partial charge in [0.25, 0.3) is 0 Å². The number of nitrogens with zero attached hydrogens (tertiary/aromatic N) is 1. The number of carbonyl (C=O) groups excluding carboxylic acids is 1. The van der Waals surface area contributed by atoms with Gasteiger partial charge in [-0.1, -0.05) is 0 Å². The lowest BCUT2D eigenvalue weighted by atomic mass is 10.1. The van der Waals surface area contributed by atoms with Crippen LogP contribution in [0.5, 0.6) is 0 Å². The molecule has 0 aromatic rings. The van der Waals surface area contributed by atoms with Gasteiger partial charge < -0.3 is 10.0 Å². The van der Waals surface area contributed by atoms with Crippen LogP contribution in [0.3, 0.4) is 0 Å². The molecule has 64 valence electrons. The summed E-state index contributed by atoms with van der Waals surface area (Å²) in [4.78, 5) is 13.0. The lowest BCUT2D eigenvalue weighted by Crippen LogP contribution is -2.25. The van der Waals surface area contributed by atoms with Crippen molar-refractivity contribution in [3.05, 3.63) is 0 Å². The van der Waals surface area contributed by atoms with E-state index in [1.165, 1.54) is 0 Å². The number of carbonyl (C=O) groups is 1. The summed E-state index contributed by atoms with van der Waals surface area (Å²) in [6.45, 7) is 4.36. The van der Waals surface area contributed by atoms with Gasteiger partial charge in [0.2, 0.25) is 0 Å². The van der Waals surface area contributed by atoms with E-state index < -0.39 is 0 Å². The first-order chi connectivity index (χ1) is 5.24. The number of hydrogen-bond donors (Lipinski definition) is 1. The third kappa shape index (κ3) is 2.27. The van der Waals surface area contributed by atoms with Gasteiger partial charge >= 0.3 is 0 Å². The molecular formula is C8H15NO2. The average molecular weight is 157 g/mol. The minimum absolute atomic E-state index is 0.199. The molecule has 1 saturated heterocycles. The van der Waals surface area contributed by atoms with E-state index in [4.69, 9.17) is 5.11 Å². The summed E-state index contributed by atoms with van der Waals surface area (Å²) in [5.41, 5.74) is 0. The van der Waals surface area contributed by atoms with E-state index in [2.05, 4.69) is 4.90 Å². The molecule has 0 aromatic carbocycles.